The zero-order valence-corrected chi connectivity index (χ0v) is 15.4. The van der Waals surface area contributed by atoms with Crippen LogP contribution in [0.1, 0.15) is 24.1 Å². The number of methoxy groups -OCH3 is 1. The third kappa shape index (κ3) is 5.44. The molecule has 0 bridgehead atoms. The summed E-state index contributed by atoms with van der Waals surface area (Å²) in [5, 5.41) is 13.3. The van der Waals surface area contributed by atoms with Crippen LogP contribution in [0.4, 0.5) is 5.69 Å². The Morgan fingerprint density at radius 1 is 1.30 bits per heavy atom. The largest absolute Gasteiger partial charge is 0.470 e. The van der Waals surface area contributed by atoms with Crippen LogP contribution in [0.3, 0.4) is 0 Å². The highest BCUT2D eigenvalue weighted by molar-refractivity contribution is 5.87. The summed E-state index contributed by atoms with van der Waals surface area (Å²) in [5.74, 6) is 1.62. The first-order valence-corrected chi connectivity index (χ1v) is 8.39. The second-order valence-electron chi connectivity index (χ2n) is 5.71. The number of hydrogen-bond acceptors (Lipinski definition) is 4. The lowest BCUT2D eigenvalue weighted by atomic mass is 10.1. The van der Waals surface area contributed by atoms with Crippen molar-refractivity contribution < 1.29 is 19.4 Å². The number of amides is 1. The molecule has 0 aliphatic rings. The maximum atomic E-state index is 12.5. The highest BCUT2D eigenvalue weighted by Crippen LogP contribution is 2.26. The Kier molecular flexibility index (Phi) is 7.15. The van der Waals surface area contributed by atoms with Gasteiger partial charge in [-0.05, 0) is 24.6 Å². The van der Waals surface area contributed by atoms with Gasteiger partial charge in [0.25, 0.3) is 0 Å². The van der Waals surface area contributed by atoms with Gasteiger partial charge in [-0.15, -0.1) is 0 Å². The van der Waals surface area contributed by atoms with Crippen LogP contribution in [-0.4, -0.2) is 33.7 Å². The van der Waals surface area contributed by atoms with Crippen molar-refractivity contribution >= 4 is 17.5 Å². The van der Waals surface area contributed by atoms with Gasteiger partial charge >= 0.3 is 11.8 Å². The van der Waals surface area contributed by atoms with Crippen LogP contribution in [-0.2, 0) is 16.1 Å². The van der Waals surface area contributed by atoms with Crippen LogP contribution >= 0.6 is 0 Å². The van der Waals surface area contributed by atoms with Crippen LogP contribution in [0.2, 0.25) is 0 Å². The molecular formula is C21H22N3O3+. The molecule has 0 aliphatic carbocycles. The molecule has 0 saturated carbocycles. The zero-order valence-electron chi connectivity index (χ0n) is 15.4. The van der Waals surface area contributed by atoms with E-state index >= 15 is 0 Å². The zero-order chi connectivity index (χ0) is 19.6. The van der Waals surface area contributed by atoms with Crippen molar-refractivity contribution in [1.82, 2.24) is 4.90 Å². The van der Waals surface area contributed by atoms with E-state index in [9.17, 15) is 9.90 Å². The first-order valence-electron chi connectivity index (χ1n) is 8.39. The Morgan fingerprint density at radius 3 is 2.63 bits per heavy atom. The molecule has 2 aromatic carbocycles. The van der Waals surface area contributed by atoms with E-state index in [1.165, 1.54) is 13.2 Å². The van der Waals surface area contributed by atoms with Crippen LogP contribution < -0.4 is 0 Å². The molecule has 2 rings (SSSR count). The fraction of sp³-hybridized carbons (Fsp3) is 0.190. The molecule has 0 heterocycles. The van der Waals surface area contributed by atoms with Gasteiger partial charge in [-0.3, -0.25) is 4.79 Å². The maximum absolute atomic E-state index is 12.5. The molecular weight excluding hydrogens is 342 g/mol. The van der Waals surface area contributed by atoms with Gasteiger partial charge in [0, 0.05) is 12.1 Å². The molecule has 138 valence electrons. The van der Waals surface area contributed by atoms with Gasteiger partial charge in [0.2, 0.25) is 5.91 Å². The minimum Gasteiger partial charge on any atom is -0.470 e. The Bertz CT molecular complexity index is 896. The molecule has 6 nitrogen and oxygen atoms in total. The molecule has 0 radical (unpaired) electrons. The Balaban J connectivity index is 2.38. The third-order valence-corrected chi connectivity index (χ3v) is 4.04. The molecule has 1 amide bonds. The van der Waals surface area contributed by atoms with Gasteiger partial charge in [0.05, 0.1) is 13.2 Å². The summed E-state index contributed by atoms with van der Waals surface area (Å²) < 4.78 is 4.55. The normalized spacial score (nSPS) is 10.7. The molecule has 0 saturated heterocycles. The van der Waals surface area contributed by atoms with Crippen LogP contribution in [0.15, 0.2) is 78.3 Å². The molecule has 1 N–H and O–H groups in total. The number of rotatable bonds is 7. The monoisotopic (exact) mass is 364 g/mol. The number of benzene rings is 2. The second-order valence-corrected chi connectivity index (χ2v) is 5.71. The number of carbonyl (C=O) groups is 1. The first-order chi connectivity index (χ1) is 13.1. The fourth-order valence-electron chi connectivity index (χ4n) is 2.53. The van der Waals surface area contributed by atoms with Crippen molar-refractivity contribution in [3.05, 3.63) is 84.3 Å². The lowest BCUT2D eigenvalue weighted by molar-refractivity contribution is -0.128. The summed E-state index contributed by atoms with van der Waals surface area (Å²) >= 11 is 0. The predicted molar refractivity (Wildman–Crippen MR) is 103 cm³/mol. The van der Waals surface area contributed by atoms with Crippen molar-refractivity contribution in [2.45, 2.75) is 19.5 Å². The number of hydrogen-bond donors (Lipinski definition) is 1. The third-order valence-electron chi connectivity index (χ3n) is 4.04. The average Bonchev–Trinajstić information content (AvgIpc) is 2.72. The highest BCUT2D eigenvalue weighted by Gasteiger charge is 2.21. The molecule has 0 aliphatic heterocycles. The van der Waals surface area contributed by atoms with Gasteiger partial charge in [-0.25, -0.2) is 0 Å². The minimum atomic E-state index is -0.461. The summed E-state index contributed by atoms with van der Waals surface area (Å²) in [6, 6.07) is 17.0. The van der Waals surface area contributed by atoms with Crippen molar-refractivity contribution in [3.63, 3.8) is 0 Å². The summed E-state index contributed by atoms with van der Waals surface area (Å²) in [6.45, 7) is 5.91. The second kappa shape index (κ2) is 9.78. The minimum absolute atomic E-state index is 0.148. The smallest absolute Gasteiger partial charge is 0.441 e. The summed E-state index contributed by atoms with van der Waals surface area (Å²) in [7, 11) is 1.30. The summed E-state index contributed by atoms with van der Waals surface area (Å²) in [4.78, 5) is 17.9. The van der Waals surface area contributed by atoms with Gasteiger partial charge in [0.15, 0.2) is 5.69 Å². The van der Waals surface area contributed by atoms with Crippen molar-refractivity contribution in [3.8, 4) is 0 Å². The van der Waals surface area contributed by atoms with Crippen LogP contribution in [0.5, 0.6) is 0 Å². The number of aliphatic hydroxyl groups is 1. The molecule has 0 fully saturated rings. The van der Waals surface area contributed by atoms with E-state index < -0.39 is 5.95 Å². The van der Waals surface area contributed by atoms with Crippen molar-refractivity contribution in [2.75, 3.05) is 7.11 Å². The molecule has 27 heavy (non-hydrogen) atoms. The SMILES string of the molecule is C=CC(=O)N(Cc1ccccc1N=[N+]=C=C(O)OC)[C@@H](C)c1ccccc1. The number of ether oxygens (including phenoxy) is 1. The number of aliphatic hydroxyl groups excluding tert-OH is 1. The van der Waals surface area contributed by atoms with E-state index in [-0.39, 0.29) is 11.9 Å². The van der Waals surface area contributed by atoms with E-state index in [4.69, 9.17) is 0 Å². The van der Waals surface area contributed by atoms with Gasteiger partial charge in [0.1, 0.15) is 9.90 Å². The molecule has 1 atom stereocenters. The standard InChI is InChI=1S/C21H21N3O3/c1-4-20(25)24(16(2)17-10-6-5-7-11-17)15-18-12-8-9-13-19(18)23-22-14-21(26)27-3/h4-13,16H,1,15H2,2-3H3/p+1/t16-/m0/s1. The van der Waals surface area contributed by atoms with E-state index in [1.54, 1.807) is 11.0 Å². The highest BCUT2D eigenvalue weighted by atomic mass is 16.6. The molecule has 0 unspecified atom stereocenters. The molecule has 0 spiro atoms. The predicted octanol–water partition coefficient (Wildman–Crippen LogP) is 3.97. The molecule has 0 aromatic heterocycles. The van der Waals surface area contributed by atoms with Crippen molar-refractivity contribution in [1.29, 1.82) is 0 Å². The Hall–Kier alpha value is -3.59. The lowest BCUT2D eigenvalue weighted by Gasteiger charge is -2.29. The van der Waals surface area contributed by atoms with Crippen LogP contribution in [0, 0.1) is 0 Å². The quantitative estimate of drug-likeness (QED) is 0.265. The summed E-state index contributed by atoms with van der Waals surface area (Å²) in [5.41, 5.74) is 2.39. The first kappa shape index (κ1) is 19.7. The van der Waals surface area contributed by atoms with Gasteiger partial charge in [-0.1, -0.05) is 55.1 Å². The van der Waals surface area contributed by atoms with Gasteiger partial charge in [-0.2, -0.15) is 0 Å². The molecule has 6 heteroatoms. The van der Waals surface area contributed by atoms with Gasteiger partial charge < -0.3 is 14.7 Å². The van der Waals surface area contributed by atoms with Crippen molar-refractivity contribution in [2.24, 2.45) is 5.11 Å². The Labute approximate surface area is 158 Å². The fourth-order valence-corrected chi connectivity index (χ4v) is 2.53. The maximum Gasteiger partial charge on any atom is 0.441 e. The topological polar surface area (TPSA) is 76.2 Å². The van der Waals surface area contributed by atoms with E-state index in [0.717, 1.165) is 11.1 Å². The van der Waals surface area contributed by atoms with E-state index in [2.05, 4.69) is 27.1 Å². The number of carbonyl (C=O) groups excluding carboxylic acids is 1. The lowest BCUT2D eigenvalue weighted by Crippen LogP contribution is -2.31. The summed E-state index contributed by atoms with van der Waals surface area (Å²) in [6.07, 6.45) is 1.30. The Morgan fingerprint density at radius 2 is 1.96 bits per heavy atom. The number of nitrogens with zero attached hydrogens (tertiary/aromatic N) is 3. The van der Waals surface area contributed by atoms with Crippen LogP contribution in [0.25, 0.3) is 0 Å². The average molecular weight is 364 g/mol. The van der Waals surface area contributed by atoms with E-state index in [0.29, 0.717) is 12.2 Å². The molecule has 2 aromatic rings. The van der Waals surface area contributed by atoms with E-state index in [1.807, 2.05) is 55.5 Å².